The van der Waals surface area contributed by atoms with Crippen LogP contribution in [0.25, 0.3) is 0 Å². The third-order valence-corrected chi connectivity index (χ3v) is 2.59. The number of dihydropyridines is 1. The van der Waals surface area contributed by atoms with E-state index in [9.17, 15) is 0 Å². The predicted molar refractivity (Wildman–Crippen MR) is 54.5 cm³/mol. The lowest BCUT2D eigenvalue weighted by Gasteiger charge is -2.26. The van der Waals surface area contributed by atoms with Crippen LogP contribution in [0.3, 0.4) is 0 Å². The maximum atomic E-state index is 4.37. The van der Waals surface area contributed by atoms with Crippen LogP contribution in [0.15, 0.2) is 64.4 Å². The highest BCUT2D eigenvalue weighted by atomic mass is 14.8. The van der Waals surface area contributed by atoms with Gasteiger partial charge in [-0.3, -0.25) is 4.99 Å². The lowest BCUT2D eigenvalue weighted by atomic mass is 9.81. The molecular weight excluding hydrogens is 158 g/mol. The molecule has 0 bridgehead atoms. The van der Waals surface area contributed by atoms with Crippen LogP contribution in [0.5, 0.6) is 0 Å². The van der Waals surface area contributed by atoms with Crippen molar-refractivity contribution in [1.82, 2.24) is 0 Å². The molecule has 3 aliphatic rings. The van der Waals surface area contributed by atoms with Crippen molar-refractivity contribution in [3.05, 3.63) is 59.4 Å². The molecule has 1 nitrogen and oxygen atoms in total. The van der Waals surface area contributed by atoms with Crippen molar-refractivity contribution in [3.8, 4) is 0 Å². The number of aliphatic imine (C=N–C) groups is 1. The van der Waals surface area contributed by atoms with E-state index in [0.717, 1.165) is 5.70 Å². The number of hydrogen-bond acceptors (Lipinski definition) is 1. The highest BCUT2D eigenvalue weighted by Gasteiger charge is 2.25. The summed E-state index contributed by atoms with van der Waals surface area (Å²) < 4.78 is 0. The van der Waals surface area contributed by atoms with Crippen molar-refractivity contribution < 1.29 is 0 Å². The summed E-state index contributed by atoms with van der Waals surface area (Å²) in [5, 5.41) is 0. The zero-order chi connectivity index (χ0) is 8.67. The van der Waals surface area contributed by atoms with Crippen molar-refractivity contribution in [1.29, 1.82) is 0 Å². The molecule has 1 aliphatic heterocycles. The number of rotatable bonds is 0. The summed E-state index contributed by atoms with van der Waals surface area (Å²) in [5.74, 6) is 0.403. The first-order valence-electron chi connectivity index (χ1n) is 4.46. The lowest BCUT2D eigenvalue weighted by molar-refractivity contribution is 0.840. The largest absolute Gasteiger partial charge is 0.260 e. The molecule has 0 N–H and O–H groups in total. The topological polar surface area (TPSA) is 12.4 Å². The van der Waals surface area contributed by atoms with Gasteiger partial charge in [-0.2, -0.15) is 0 Å². The summed E-state index contributed by atoms with van der Waals surface area (Å²) in [6.07, 6.45) is 16.7. The van der Waals surface area contributed by atoms with Gasteiger partial charge in [0, 0.05) is 6.21 Å². The van der Waals surface area contributed by atoms with Crippen LogP contribution in [-0.4, -0.2) is 6.21 Å². The maximum Gasteiger partial charge on any atom is 0.0522 e. The fourth-order valence-corrected chi connectivity index (χ4v) is 1.98. The Morgan fingerprint density at radius 1 is 0.923 bits per heavy atom. The first-order valence-corrected chi connectivity index (χ1v) is 4.46. The van der Waals surface area contributed by atoms with Crippen molar-refractivity contribution in [2.75, 3.05) is 0 Å². The molecule has 0 aromatic rings. The molecule has 62 valence electrons. The molecular formula is C12H9N. The summed E-state index contributed by atoms with van der Waals surface area (Å²) in [6.45, 7) is 0. The minimum atomic E-state index is 0.403. The van der Waals surface area contributed by atoms with Crippen molar-refractivity contribution in [3.63, 3.8) is 0 Å². The second kappa shape index (κ2) is 2.43. The monoisotopic (exact) mass is 167 g/mol. The molecule has 0 amide bonds. The molecule has 0 saturated carbocycles. The Morgan fingerprint density at radius 2 is 1.69 bits per heavy atom. The predicted octanol–water partition coefficient (Wildman–Crippen LogP) is 2.56. The van der Waals surface area contributed by atoms with E-state index in [0.29, 0.717) is 5.92 Å². The minimum absolute atomic E-state index is 0.403. The molecule has 13 heavy (non-hydrogen) atoms. The average Bonchev–Trinajstić information content (AvgIpc) is 2.19. The van der Waals surface area contributed by atoms with E-state index in [1.54, 1.807) is 0 Å². The van der Waals surface area contributed by atoms with Gasteiger partial charge in [0.15, 0.2) is 0 Å². The summed E-state index contributed by atoms with van der Waals surface area (Å²) in [6, 6.07) is 0. The standard InChI is InChI=1S/C12H9N/c1-3-9-5-2-6-11-12(9)10(4-1)7-8-13-11/h1-8,12H. The molecule has 1 atom stereocenters. The van der Waals surface area contributed by atoms with E-state index >= 15 is 0 Å². The SMILES string of the molecule is C1=CC2=CC=CC3=CC=NC(=C1)C23. The molecule has 1 heteroatoms. The zero-order valence-electron chi connectivity index (χ0n) is 7.14. The van der Waals surface area contributed by atoms with Crippen LogP contribution in [0.2, 0.25) is 0 Å². The lowest BCUT2D eigenvalue weighted by Crippen LogP contribution is -2.15. The van der Waals surface area contributed by atoms with E-state index in [2.05, 4.69) is 47.5 Å². The Kier molecular flexibility index (Phi) is 1.28. The normalized spacial score (nSPS) is 27.7. The number of nitrogens with zero attached hydrogens (tertiary/aromatic N) is 1. The van der Waals surface area contributed by atoms with Gasteiger partial charge in [0.2, 0.25) is 0 Å². The van der Waals surface area contributed by atoms with Crippen LogP contribution < -0.4 is 0 Å². The van der Waals surface area contributed by atoms with E-state index < -0.39 is 0 Å². The van der Waals surface area contributed by atoms with Crippen LogP contribution in [0.4, 0.5) is 0 Å². The smallest absolute Gasteiger partial charge is 0.0522 e. The second-order valence-corrected chi connectivity index (χ2v) is 3.35. The Balaban J connectivity index is 2.23. The van der Waals surface area contributed by atoms with Crippen LogP contribution in [0.1, 0.15) is 0 Å². The first kappa shape index (κ1) is 6.84. The zero-order valence-corrected chi connectivity index (χ0v) is 7.14. The van der Waals surface area contributed by atoms with Gasteiger partial charge >= 0.3 is 0 Å². The minimum Gasteiger partial charge on any atom is -0.260 e. The summed E-state index contributed by atoms with van der Waals surface area (Å²) >= 11 is 0. The van der Waals surface area contributed by atoms with Gasteiger partial charge in [0.05, 0.1) is 11.6 Å². The Hall–Kier alpha value is -1.63. The summed E-state index contributed by atoms with van der Waals surface area (Å²) in [4.78, 5) is 4.37. The van der Waals surface area contributed by atoms with Gasteiger partial charge < -0.3 is 0 Å². The third-order valence-electron chi connectivity index (χ3n) is 2.59. The summed E-state index contributed by atoms with van der Waals surface area (Å²) in [5.41, 5.74) is 3.86. The van der Waals surface area contributed by atoms with E-state index in [1.807, 2.05) is 6.21 Å². The quantitative estimate of drug-likeness (QED) is 0.525. The van der Waals surface area contributed by atoms with E-state index in [4.69, 9.17) is 0 Å². The molecule has 1 heterocycles. The van der Waals surface area contributed by atoms with Gasteiger partial charge in [-0.1, -0.05) is 30.4 Å². The van der Waals surface area contributed by atoms with Gasteiger partial charge in [-0.25, -0.2) is 0 Å². The molecule has 0 aromatic carbocycles. The Bertz CT molecular complexity index is 361. The highest BCUT2D eigenvalue weighted by Crippen LogP contribution is 2.37. The van der Waals surface area contributed by atoms with Crippen LogP contribution in [-0.2, 0) is 0 Å². The summed E-state index contributed by atoms with van der Waals surface area (Å²) in [7, 11) is 0. The Morgan fingerprint density at radius 3 is 2.62 bits per heavy atom. The van der Waals surface area contributed by atoms with Gasteiger partial charge in [0.1, 0.15) is 0 Å². The van der Waals surface area contributed by atoms with Crippen LogP contribution in [0, 0.1) is 5.92 Å². The van der Waals surface area contributed by atoms with Crippen molar-refractivity contribution in [2.45, 2.75) is 0 Å². The van der Waals surface area contributed by atoms with Gasteiger partial charge in [-0.05, 0) is 23.3 Å². The van der Waals surface area contributed by atoms with Gasteiger partial charge in [-0.15, -0.1) is 0 Å². The molecule has 2 aliphatic carbocycles. The fourth-order valence-electron chi connectivity index (χ4n) is 1.98. The maximum absolute atomic E-state index is 4.37. The third kappa shape index (κ3) is 0.903. The fraction of sp³-hybridized carbons (Fsp3) is 0.0833. The van der Waals surface area contributed by atoms with E-state index in [1.165, 1.54) is 11.1 Å². The number of hydrogen-bond donors (Lipinski definition) is 0. The molecule has 3 rings (SSSR count). The molecule has 0 radical (unpaired) electrons. The second-order valence-electron chi connectivity index (χ2n) is 3.35. The molecule has 1 unspecified atom stereocenters. The Labute approximate surface area is 77.2 Å². The molecule has 0 spiro atoms. The van der Waals surface area contributed by atoms with Crippen LogP contribution >= 0.6 is 0 Å². The molecule has 0 fully saturated rings. The first-order chi connectivity index (χ1) is 6.45. The van der Waals surface area contributed by atoms with Gasteiger partial charge in [0.25, 0.3) is 0 Å². The number of allylic oxidation sites excluding steroid dienone is 8. The van der Waals surface area contributed by atoms with Crippen molar-refractivity contribution >= 4 is 6.21 Å². The van der Waals surface area contributed by atoms with E-state index in [-0.39, 0.29) is 0 Å². The highest BCUT2D eigenvalue weighted by molar-refractivity contribution is 5.78. The molecule has 0 saturated heterocycles. The van der Waals surface area contributed by atoms with Crippen molar-refractivity contribution in [2.24, 2.45) is 10.9 Å². The average molecular weight is 167 g/mol. The molecule has 0 aromatic heterocycles.